The highest BCUT2D eigenvalue weighted by Gasteiger charge is 2.18. The molecule has 0 spiro atoms. The lowest BCUT2D eigenvalue weighted by atomic mass is 10.0. The average Bonchev–Trinajstić information content (AvgIpc) is 2.73. The number of nitrogens with zero attached hydrogens (tertiary/aromatic N) is 1. The molecule has 0 aliphatic rings. The quantitative estimate of drug-likeness (QED) is 0.508. The van der Waals surface area contributed by atoms with Gasteiger partial charge in [0.15, 0.2) is 24.2 Å². The molecule has 2 aromatic rings. The van der Waals surface area contributed by atoms with E-state index in [1.54, 1.807) is 18.2 Å². The monoisotopic (exact) mass is 422 g/mol. The smallest absolute Gasteiger partial charge is 0.331 e. The molecule has 31 heavy (non-hydrogen) atoms. The van der Waals surface area contributed by atoms with E-state index in [4.69, 9.17) is 19.5 Å². The molecule has 0 saturated carbocycles. The second-order valence-corrected chi connectivity index (χ2v) is 7.03. The van der Waals surface area contributed by atoms with Gasteiger partial charge in [-0.3, -0.25) is 4.79 Å². The molecule has 1 amide bonds. The highest BCUT2D eigenvalue weighted by atomic mass is 16.5. The van der Waals surface area contributed by atoms with Crippen LogP contribution in [0.1, 0.15) is 29.2 Å². The second-order valence-electron chi connectivity index (χ2n) is 7.03. The Morgan fingerprint density at radius 3 is 2.42 bits per heavy atom. The van der Waals surface area contributed by atoms with E-state index in [0.29, 0.717) is 17.1 Å². The Morgan fingerprint density at radius 2 is 1.81 bits per heavy atom. The van der Waals surface area contributed by atoms with Gasteiger partial charge in [0, 0.05) is 11.8 Å². The van der Waals surface area contributed by atoms with Crippen LogP contribution in [0.5, 0.6) is 11.5 Å². The van der Waals surface area contributed by atoms with E-state index in [0.717, 1.165) is 22.4 Å². The number of hydrogen-bond acceptors (Lipinski definition) is 6. The van der Waals surface area contributed by atoms with E-state index in [9.17, 15) is 9.59 Å². The van der Waals surface area contributed by atoms with Gasteiger partial charge in [0.1, 0.15) is 6.07 Å². The molecule has 0 aromatic heterocycles. The number of hydrogen-bond donors (Lipinski definition) is 1. The van der Waals surface area contributed by atoms with Crippen molar-refractivity contribution < 1.29 is 23.8 Å². The number of carbonyl (C=O) groups excluding carboxylic acids is 2. The Morgan fingerprint density at radius 1 is 1.13 bits per heavy atom. The lowest BCUT2D eigenvalue weighted by Crippen LogP contribution is -2.30. The molecule has 0 saturated heterocycles. The third-order valence-electron chi connectivity index (χ3n) is 4.48. The van der Waals surface area contributed by atoms with E-state index in [2.05, 4.69) is 5.32 Å². The van der Waals surface area contributed by atoms with Crippen molar-refractivity contribution in [3.8, 4) is 17.6 Å². The maximum absolute atomic E-state index is 12.5. The summed E-state index contributed by atoms with van der Waals surface area (Å²) >= 11 is 0. The summed E-state index contributed by atoms with van der Waals surface area (Å²) in [5, 5.41) is 11.4. The van der Waals surface area contributed by atoms with Crippen LogP contribution in [-0.2, 0) is 14.3 Å². The van der Waals surface area contributed by atoms with Gasteiger partial charge in [0.2, 0.25) is 0 Å². The van der Waals surface area contributed by atoms with E-state index < -0.39 is 18.0 Å². The van der Waals surface area contributed by atoms with E-state index in [-0.39, 0.29) is 6.61 Å². The first-order valence-electron chi connectivity index (χ1n) is 9.70. The van der Waals surface area contributed by atoms with Gasteiger partial charge in [0.25, 0.3) is 5.91 Å². The number of methoxy groups -OCH3 is 1. The lowest BCUT2D eigenvalue weighted by Gasteiger charge is -2.16. The number of esters is 1. The zero-order valence-corrected chi connectivity index (χ0v) is 18.3. The van der Waals surface area contributed by atoms with Crippen molar-refractivity contribution in [2.24, 2.45) is 0 Å². The number of carbonyl (C=O) groups is 2. The molecule has 0 heterocycles. The van der Waals surface area contributed by atoms with Crippen LogP contribution in [-0.4, -0.2) is 31.7 Å². The number of anilines is 1. The van der Waals surface area contributed by atoms with Crippen molar-refractivity contribution in [2.45, 2.75) is 33.8 Å². The maximum atomic E-state index is 12.5. The first-order valence-corrected chi connectivity index (χ1v) is 9.70. The van der Waals surface area contributed by atoms with Crippen LogP contribution in [0.4, 0.5) is 5.69 Å². The SMILES string of the molecule is COc1cc(/C=C/C(=O)O[C@H](C)C(=O)Nc2c(C)cc(C)cc2C)ccc1OCC#N. The van der Waals surface area contributed by atoms with E-state index >= 15 is 0 Å². The van der Waals surface area contributed by atoms with Crippen LogP contribution in [0.25, 0.3) is 6.08 Å². The molecule has 2 rings (SSSR count). The summed E-state index contributed by atoms with van der Waals surface area (Å²) in [4.78, 5) is 24.6. The Balaban J connectivity index is 1.99. The molecule has 1 atom stereocenters. The van der Waals surface area contributed by atoms with Gasteiger partial charge in [-0.25, -0.2) is 4.79 Å². The van der Waals surface area contributed by atoms with Crippen molar-refractivity contribution in [1.82, 2.24) is 0 Å². The number of amides is 1. The summed E-state index contributed by atoms with van der Waals surface area (Å²) in [5.74, 6) is -0.195. The van der Waals surface area contributed by atoms with Gasteiger partial charge in [-0.15, -0.1) is 0 Å². The molecule has 0 aliphatic heterocycles. The predicted octanol–water partition coefficient (Wildman–Crippen LogP) is 4.11. The van der Waals surface area contributed by atoms with Gasteiger partial charge >= 0.3 is 5.97 Å². The fourth-order valence-electron chi connectivity index (χ4n) is 3.05. The molecule has 2 aromatic carbocycles. The highest BCUT2D eigenvalue weighted by Crippen LogP contribution is 2.28. The number of nitrogens with one attached hydrogen (secondary N) is 1. The molecule has 7 nitrogen and oxygen atoms in total. The first-order chi connectivity index (χ1) is 14.7. The highest BCUT2D eigenvalue weighted by molar-refractivity contribution is 5.97. The molecule has 0 radical (unpaired) electrons. The summed E-state index contributed by atoms with van der Waals surface area (Å²) in [6, 6.07) is 10.9. The van der Waals surface area contributed by atoms with E-state index in [1.165, 1.54) is 26.2 Å². The summed E-state index contributed by atoms with van der Waals surface area (Å²) < 4.78 is 15.7. The normalized spacial score (nSPS) is 11.5. The Hall–Kier alpha value is -3.79. The van der Waals surface area contributed by atoms with Crippen molar-refractivity contribution >= 4 is 23.6 Å². The third kappa shape index (κ3) is 6.61. The predicted molar refractivity (Wildman–Crippen MR) is 118 cm³/mol. The topological polar surface area (TPSA) is 97.7 Å². The minimum atomic E-state index is -0.964. The summed E-state index contributed by atoms with van der Waals surface area (Å²) in [5.41, 5.74) is 4.39. The van der Waals surface area contributed by atoms with Gasteiger partial charge in [0.05, 0.1) is 7.11 Å². The fourth-order valence-corrected chi connectivity index (χ4v) is 3.05. The van der Waals surface area contributed by atoms with Crippen molar-refractivity contribution in [1.29, 1.82) is 5.26 Å². The summed E-state index contributed by atoms with van der Waals surface area (Å²) in [6.07, 6.45) is 1.81. The number of nitriles is 1. The molecular weight excluding hydrogens is 396 g/mol. The van der Waals surface area contributed by atoms with Crippen LogP contribution in [0, 0.1) is 32.1 Å². The van der Waals surface area contributed by atoms with Gasteiger partial charge < -0.3 is 19.5 Å². The van der Waals surface area contributed by atoms with E-state index in [1.807, 2.05) is 39.0 Å². The second kappa shape index (κ2) is 10.8. The summed E-state index contributed by atoms with van der Waals surface area (Å²) in [7, 11) is 1.48. The molecule has 0 unspecified atom stereocenters. The van der Waals surface area contributed by atoms with Crippen LogP contribution in [0.3, 0.4) is 0 Å². The molecule has 0 fully saturated rings. The Bertz CT molecular complexity index is 1010. The Kier molecular flexibility index (Phi) is 8.21. The minimum Gasteiger partial charge on any atom is -0.493 e. The zero-order valence-electron chi connectivity index (χ0n) is 18.3. The maximum Gasteiger partial charge on any atom is 0.331 e. The third-order valence-corrected chi connectivity index (χ3v) is 4.48. The number of ether oxygens (including phenoxy) is 3. The first kappa shape index (κ1) is 23.5. The van der Waals surface area contributed by atoms with Crippen LogP contribution in [0.15, 0.2) is 36.4 Å². The Labute approximate surface area is 182 Å². The number of benzene rings is 2. The van der Waals surface area contributed by atoms with Crippen LogP contribution < -0.4 is 14.8 Å². The number of aryl methyl sites for hydroxylation is 3. The lowest BCUT2D eigenvalue weighted by molar-refractivity contribution is -0.148. The van der Waals surface area contributed by atoms with Gasteiger partial charge in [-0.2, -0.15) is 5.26 Å². The summed E-state index contributed by atoms with van der Waals surface area (Å²) in [6.45, 7) is 7.24. The molecule has 0 aliphatic carbocycles. The molecule has 7 heteroatoms. The van der Waals surface area contributed by atoms with Gasteiger partial charge in [-0.1, -0.05) is 23.8 Å². The van der Waals surface area contributed by atoms with Crippen LogP contribution >= 0.6 is 0 Å². The molecular formula is C24H26N2O5. The largest absolute Gasteiger partial charge is 0.493 e. The molecule has 1 N–H and O–H groups in total. The molecule has 162 valence electrons. The minimum absolute atomic E-state index is 0.0978. The van der Waals surface area contributed by atoms with Crippen molar-refractivity contribution in [3.05, 3.63) is 58.7 Å². The van der Waals surface area contributed by atoms with Crippen molar-refractivity contribution in [3.63, 3.8) is 0 Å². The standard InChI is InChI=1S/C24H26N2O5/c1-15-12-16(2)23(17(3)13-15)26-24(28)18(4)31-22(27)9-7-19-6-8-20(30-11-10-25)21(14-19)29-5/h6-9,12-14,18H,11H2,1-5H3,(H,26,28)/b9-7+/t18-/m1/s1. The van der Waals surface area contributed by atoms with Crippen molar-refractivity contribution in [2.75, 3.05) is 19.0 Å². The average molecular weight is 422 g/mol. The molecule has 0 bridgehead atoms. The number of rotatable bonds is 8. The zero-order chi connectivity index (χ0) is 23.0. The van der Waals surface area contributed by atoms with Crippen LogP contribution in [0.2, 0.25) is 0 Å². The van der Waals surface area contributed by atoms with Gasteiger partial charge in [-0.05, 0) is 62.6 Å². The fraction of sp³-hybridized carbons (Fsp3) is 0.292.